The Morgan fingerprint density at radius 1 is 1.19 bits per heavy atom. The van der Waals surface area contributed by atoms with Crippen molar-refractivity contribution in [3.8, 4) is 0 Å². The van der Waals surface area contributed by atoms with Gasteiger partial charge in [0.2, 0.25) is 0 Å². The molecule has 13 heteroatoms. The minimum atomic E-state index is -4.48. The number of benzene rings is 2. The van der Waals surface area contributed by atoms with E-state index in [0.29, 0.717) is 35.9 Å². The molecular formula is C29H33F3N8OS. The molecule has 9 nitrogen and oxygen atoms in total. The topological polar surface area (TPSA) is 110 Å². The van der Waals surface area contributed by atoms with Crippen LogP contribution in [0.15, 0.2) is 58.2 Å². The van der Waals surface area contributed by atoms with Crippen molar-refractivity contribution >= 4 is 35.1 Å². The van der Waals surface area contributed by atoms with E-state index < -0.39 is 17.9 Å². The summed E-state index contributed by atoms with van der Waals surface area (Å²) < 4.78 is 42.4. The van der Waals surface area contributed by atoms with Crippen LogP contribution in [0.4, 0.5) is 24.5 Å². The quantitative estimate of drug-likeness (QED) is 0.297. The molecule has 42 heavy (non-hydrogen) atoms. The van der Waals surface area contributed by atoms with E-state index in [0.717, 1.165) is 34.7 Å². The number of halogens is 3. The van der Waals surface area contributed by atoms with Gasteiger partial charge in [-0.05, 0) is 47.9 Å². The Kier molecular flexibility index (Phi) is 7.60. The highest BCUT2D eigenvalue weighted by atomic mass is 32.2. The molecule has 4 heterocycles. The molecule has 2 aromatic carbocycles. The summed E-state index contributed by atoms with van der Waals surface area (Å²) in [7, 11) is 1.80. The molecule has 1 amide bonds. The van der Waals surface area contributed by atoms with Gasteiger partial charge in [-0.2, -0.15) is 13.2 Å². The Labute approximate surface area is 246 Å². The Morgan fingerprint density at radius 3 is 2.74 bits per heavy atom. The van der Waals surface area contributed by atoms with Gasteiger partial charge in [-0.15, -0.1) is 0 Å². The van der Waals surface area contributed by atoms with Crippen LogP contribution in [-0.4, -0.2) is 55.1 Å². The summed E-state index contributed by atoms with van der Waals surface area (Å²) in [4.78, 5) is 16.3. The van der Waals surface area contributed by atoms with Gasteiger partial charge in [-0.3, -0.25) is 14.7 Å². The molecule has 7 N–H and O–H groups in total. The lowest BCUT2D eigenvalue weighted by Crippen LogP contribution is -2.43. The summed E-state index contributed by atoms with van der Waals surface area (Å²) in [6, 6.07) is 7.94. The van der Waals surface area contributed by atoms with Crippen LogP contribution in [0.5, 0.6) is 0 Å². The number of nitrogens with two attached hydrogens (primary N) is 1. The fourth-order valence-corrected chi connectivity index (χ4v) is 6.73. The van der Waals surface area contributed by atoms with Crippen LogP contribution in [0.3, 0.4) is 0 Å². The predicted octanol–water partition coefficient (Wildman–Crippen LogP) is 3.62. The molecule has 222 valence electrons. The van der Waals surface area contributed by atoms with Gasteiger partial charge in [0.05, 0.1) is 22.2 Å². The summed E-state index contributed by atoms with van der Waals surface area (Å²) in [5, 5.41) is 16.2. The SMILES string of the molecule is Cc1ccc2c(c1NC(=O)C1=CSC3=C(N)N(C)NC13)C=CNC2Nc1ccc(CN2CCNCC2)c(C(F)(F)F)c1. The molecule has 4 aliphatic heterocycles. The molecule has 0 saturated carbocycles. The van der Waals surface area contributed by atoms with Gasteiger partial charge in [0.1, 0.15) is 12.0 Å². The number of fused-ring (bicyclic) bond motifs is 2. The largest absolute Gasteiger partial charge is 0.416 e. The van der Waals surface area contributed by atoms with Crippen LogP contribution >= 0.6 is 11.8 Å². The highest BCUT2D eigenvalue weighted by Crippen LogP contribution is 2.41. The van der Waals surface area contributed by atoms with Gasteiger partial charge in [0, 0.05) is 62.2 Å². The van der Waals surface area contributed by atoms with Crippen LogP contribution in [0, 0.1) is 6.92 Å². The fraction of sp³-hybridized carbons (Fsp3) is 0.345. The zero-order chi connectivity index (χ0) is 29.6. The first kappa shape index (κ1) is 28.5. The van der Waals surface area contributed by atoms with Crippen LogP contribution in [0.1, 0.15) is 34.0 Å². The number of aryl methyl sites for hydroxylation is 1. The van der Waals surface area contributed by atoms with Gasteiger partial charge in [-0.25, -0.2) is 5.43 Å². The highest BCUT2D eigenvalue weighted by Gasteiger charge is 2.38. The maximum atomic E-state index is 14.1. The third-order valence-electron chi connectivity index (χ3n) is 7.96. The average molecular weight is 599 g/mol. The number of nitrogens with one attached hydrogen (secondary N) is 5. The molecule has 0 aliphatic carbocycles. The van der Waals surface area contributed by atoms with Crippen LogP contribution in [0.2, 0.25) is 0 Å². The molecule has 2 aromatic rings. The number of hydrogen-bond donors (Lipinski definition) is 6. The van der Waals surface area contributed by atoms with E-state index in [1.807, 2.05) is 30.0 Å². The molecule has 0 radical (unpaired) electrons. The number of piperazine rings is 1. The Balaban J connectivity index is 1.23. The van der Waals surface area contributed by atoms with E-state index in [4.69, 9.17) is 5.73 Å². The second-order valence-electron chi connectivity index (χ2n) is 10.7. The number of anilines is 2. The number of hydrazine groups is 1. The normalized spacial score (nSPS) is 22.0. The molecule has 2 unspecified atom stereocenters. The molecule has 4 aliphatic rings. The fourth-order valence-electron chi connectivity index (χ4n) is 5.66. The van der Waals surface area contributed by atoms with Crippen LogP contribution in [0.25, 0.3) is 6.08 Å². The van der Waals surface area contributed by atoms with Crippen molar-refractivity contribution in [2.75, 3.05) is 43.9 Å². The van der Waals surface area contributed by atoms with E-state index in [2.05, 4.69) is 26.7 Å². The lowest BCUT2D eigenvalue weighted by molar-refractivity contribution is -0.138. The van der Waals surface area contributed by atoms with Gasteiger partial charge in [0.15, 0.2) is 0 Å². The minimum absolute atomic E-state index is 0.248. The van der Waals surface area contributed by atoms with Crippen molar-refractivity contribution in [1.82, 2.24) is 26.0 Å². The van der Waals surface area contributed by atoms with Gasteiger partial charge in [-0.1, -0.05) is 30.0 Å². The lowest BCUT2D eigenvalue weighted by Gasteiger charge is -2.30. The first-order valence-electron chi connectivity index (χ1n) is 13.7. The minimum Gasteiger partial charge on any atom is -0.384 e. The molecular weight excluding hydrogens is 565 g/mol. The van der Waals surface area contributed by atoms with E-state index in [1.165, 1.54) is 17.8 Å². The number of amides is 1. The van der Waals surface area contributed by atoms with Crippen molar-refractivity contribution in [2.45, 2.75) is 31.9 Å². The number of alkyl halides is 3. The average Bonchev–Trinajstić information content (AvgIpc) is 3.50. The molecule has 1 fully saturated rings. The third-order valence-corrected chi connectivity index (χ3v) is 9.04. The maximum absolute atomic E-state index is 14.1. The number of carbonyl (C=O) groups is 1. The molecule has 2 atom stereocenters. The smallest absolute Gasteiger partial charge is 0.384 e. The van der Waals surface area contributed by atoms with Gasteiger partial charge >= 0.3 is 6.18 Å². The van der Waals surface area contributed by atoms with E-state index >= 15 is 0 Å². The Hall–Kier alpha value is -3.65. The predicted molar refractivity (Wildman–Crippen MR) is 160 cm³/mol. The van der Waals surface area contributed by atoms with E-state index in [9.17, 15) is 18.0 Å². The number of hydrogen-bond acceptors (Lipinski definition) is 9. The standard InChI is InChI=1S/C29H33F3N8OS/c1-16-3-6-20-19(23(16)37-28(41)21-15-42-25-24(21)38-39(2)26(25)33)7-8-35-27(20)36-18-5-4-17(22(13-18)29(30,31)32)14-40-11-9-34-10-12-40/h3-8,13,15,24,27,34-36,38H,9-12,14,33H2,1-2H3,(H,37,41). The van der Waals surface area contributed by atoms with Crippen molar-refractivity contribution in [1.29, 1.82) is 0 Å². The first-order chi connectivity index (χ1) is 20.1. The third kappa shape index (κ3) is 5.44. The summed E-state index contributed by atoms with van der Waals surface area (Å²) in [5.74, 6) is 0.340. The second-order valence-corrected chi connectivity index (χ2v) is 11.7. The maximum Gasteiger partial charge on any atom is 0.416 e. The molecule has 6 rings (SSSR count). The van der Waals surface area contributed by atoms with Crippen LogP contribution < -0.4 is 32.4 Å². The van der Waals surface area contributed by atoms with E-state index in [1.54, 1.807) is 35.8 Å². The van der Waals surface area contributed by atoms with Crippen molar-refractivity contribution in [2.24, 2.45) is 5.73 Å². The Morgan fingerprint density at radius 2 is 1.98 bits per heavy atom. The summed E-state index contributed by atoms with van der Waals surface area (Å²) in [6.07, 6.45) is -1.40. The lowest BCUT2D eigenvalue weighted by atomic mass is 9.96. The zero-order valence-corrected chi connectivity index (χ0v) is 24.0. The second kappa shape index (κ2) is 11.2. The number of rotatable bonds is 6. The zero-order valence-electron chi connectivity index (χ0n) is 23.2. The number of thioether (sulfide) groups is 1. The van der Waals surface area contributed by atoms with Crippen molar-refractivity contribution < 1.29 is 18.0 Å². The summed E-state index contributed by atoms with van der Waals surface area (Å²) in [5.41, 5.74) is 12.9. The molecule has 1 saturated heterocycles. The molecule has 0 aromatic heterocycles. The van der Waals surface area contributed by atoms with Gasteiger partial charge in [0.25, 0.3) is 5.91 Å². The summed E-state index contributed by atoms with van der Waals surface area (Å²) >= 11 is 1.43. The highest BCUT2D eigenvalue weighted by molar-refractivity contribution is 8.06. The van der Waals surface area contributed by atoms with Crippen molar-refractivity contribution in [3.63, 3.8) is 0 Å². The monoisotopic (exact) mass is 598 g/mol. The van der Waals surface area contributed by atoms with Crippen LogP contribution in [-0.2, 0) is 17.5 Å². The number of nitrogens with zero attached hydrogens (tertiary/aromatic N) is 2. The summed E-state index contributed by atoms with van der Waals surface area (Å²) in [6.45, 7) is 5.10. The molecule has 0 spiro atoms. The Bertz CT molecular complexity index is 1500. The van der Waals surface area contributed by atoms with E-state index in [-0.39, 0.29) is 24.1 Å². The first-order valence-corrected chi connectivity index (χ1v) is 14.6. The van der Waals surface area contributed by atoms with Crippen molar-refractivity contribution in [3.05, 3.63) is 86.1 Å². The number of carbonyl (C=O) groups excluding carboxylic acids is 1. The molecule has 0 bridgehead atoms. The van der Waals surface area contributed by atoms with Gasteiger partial charge < -0.3 is 27.0 Å².